The molecule has 216 valence electrons. The Kier molecular flexibility index (Phi) is 7.42. The average Bonchev–Trinajstić information content (AvgIpc) is 3.79. The quantitative estimate of drug-likeness (QED) is 0.132. The van der Waals surface area contributed by atoms with E-state index in [2.05, 4.69) is 30.6 Å². The lowest BCUT2D eigenvalue weighted by Gasteiger charge is -2.18. The van der Waals surface area contributed by atoms with Crippen molar-refractivity contribution in [2.45, 2.75) is 35.7 Å². The van der Waals surface area contributed by atoms with Crippen molar-refractivity contribution >= 4 is 41.0 Å². The van der Waals surface area contributed by atoms with Crippen LogP contribution in [0.2, 0.25) is 0 Å². The van der Waals surface area contributed by atoms with Crippen molar-refractivity contribution in [1.82, 2.24) is 14.7 Å². The Hall–Kier alpha value is -4.29. The molecule has 2 aliphatic rings. The number of phenolic OH excluding ortho intramolecular Hbond substituents is 1. The topological polar surface area (TPSA) is 111 Å². The van der Waals surface area contributed by atoms with Gasteiger partial charge in [-0.25, -0.2) is 4.98 Å². The molecule has 5 N–H and O–H groups in total. The van der Waals surface area contributed by atoms with Crippen molar-refractivity contribution in [3.05, 3.63) is 84.1 Å². The van der Waals surface area contributed by atoms with Crippen molar-refractivity contribution in [1.29, 1.82) is 0 Å². The molecule has 4 bridgehead atoms. The average molecular weight is 593 g/mol. The number of carbonyl (C=O) groups is 1. The third kappa shape index (κ3) is 5.86. The Morgan fingerprint density at radius 3 is 2.60 bits per heavy atom. The van der Waals surface area contributed by atoms with Crippen molar-refractivity contribution in [2.24, 2.45) is 0 Å². The van der Waals surface area contributed by atoms with E-state index < -0.39 is 17.2 Å². The lowest BCUT2D eigenvalue weighted by atomic mass is 9.93. The number of nitrogens with zero attached hydrogens (tertiary/aromatic N) is 2. The SMILES string of the molecule is O=C(Nc1ccc(-c2cnc3nc2NCCCNSc2cc(ccc2O)N3)cc1)C1(c2cccc(C(F)(F)F)c2)CC1. The number of nitrogens with one attached hydrogen (secondary N) is 4. The van der Waals surface area contributed by atoms with E-state index in [1.165, 1.54) is 18.0 Å². The van der Waals surface area contributed by atoms with E-state index in [1.54, 1.807) is 36.5 Å². The fourth-order valence-electron chi connectivity index (χ4n) is 4.84. The predicted octanol–water partition coefficient (Wildman–Crippen LogP) is 6.69. The molecule has 6 rings (SSSR count). The number of halogens is 3. The van der Waals surface area contributed by atoms with Crippen molar-refractivity contribution in [3.8, 4) is 16.9 Å². The van der Waals surface area contributed by atoms with E-state index >= 15 is 0 Å². The highest BCUT2D eigenvalue weighted by Crippen LogP contribution is 2.50. The monoisotopic (exact) mass is 592 g/mol. The van der Waals surface area contributed by atoms with Crippen LogP contribution >= 0.6 is 11.9 Å². The minimum Gasteiger partial charge on any atom is -0.507 e. The number of rotatable bonds is 4. The van der Waals surface area contributed by atoms with Crippen LogP contribution in [0.5, 0.6) is 5.75 Å². The van der Waals surface area contributed by atoms with Crippen LogP contribution < -0.4 is 20.7 Å². The minimum absolute atomic E-state index is 0.186. The van der Waals surface area contributed by atoms with Gasteiger partial charge in [0.2, 0.25) is 11.9 Å². The molecule has 0 saturated heterocycles. The first-order valence-electron chi connectivity index (χ1n) is 13.4. The lowest BCUT2D eigenvalue weighted by Crippen LogP contribution is -2.28. The highest BCUT2D eigenvalue weighted by Gasteiger charge is 2.51. The molecule has 1 amide bonds. The van der Waals surface area contributed by atoms with Crippen LogP contribution in [0, 0.1) is 0 Å². The van der Waals surface area contributed by atoms with Crippen LogP contribution in [-0.4, -0.2) is 34.1 Å². The van der Waals surface area contributed by atoms with Crippen molar-refractivity contribution in [2.75, 3.05) is 29.0 Å². The molecule has 1 saturated carbocycles. The van der Waals surface area contributed by atoms with E-state index in [-0.39, 0.29) is 11.7 Å². The molecule has 3 aromatic carbocycles. The summed E-state index contributed by atoms with van der Waals surface area (Å²) < 4.78 is 43.0. The zero-order valence-corrected chi connectivity index (χ0v) is 23.1. The highest BCUT2D eigenvalue weighted by molar-refractivity contribution is 7.97. The van der Waals surface area contributed by atoms with Gasteiger partial charge in [0.15, 0.2) is 0 Å². The maximum atomic E-state index is 13.2. The number of aromatic hydroxyl groups is 1. The van der Waals surface area contributed by atoms with Gasteiger partial charge in [-0.1, -0.05) is 30.3 Å². The van der Waals surface area contributed by atoms with Gasteiger partial charge in [-0.2, -0.15) is 18.2 Å². The number of aromatic nitrogens is 2. The molecule has 4 aromatic rings. The van der Waals surface area contributed by atoms with Gasteiger partial charge in [-0.05, 0) is 78.7 Å². The number of carbonyl (C=O) groups excluding carboxylic acids is 1. The molecule has 42 heavy (non-hydrogen) atoms. The summed E-state index contributed by atoms with van der Waals surface area (Å²) >= 11 is 1.36. The Bertz CT molecular complexity index is 1630. The maximum Gasteiger partial charge on any atom is 0.416 e. The molecule has 2 heterocycles. The first kappa shape index (κ1) is 27.9. The first-order chi connectivity index (χ1) is 20.2. The summed E-state index contributed by atoms with van der Waals surface area (Å²) in [6.45, 7) is 1.35. The Morgan fingerprint density at radius 2 is 1.83 bits per heavy atom. The molecule has 0 radical (unpaired) electrons. The van der Waals surface area contributed by atoms with Gasteiger partial charge in [0.25, 0.3) is 0 Å². The zero-order valence-electron chi connectivity index (χ0n) is 22.3. The normalized spacial score (nSPS) is 16.1. The van der Waals surface area contributed by atoms with Crippen LogP contribution in [0.25, 0.3) is 11.1 Å². The molecular weight excluding hydrogens is 565 g/mol. The van der Waals surface area contributed by atoms with Gasteiger partial charge in [-0.3, -0.25) is 9.52 Å². The second-order valence-electron chi connectivity index (χ2n) is 10.2. The Balaban J connectivity index is 1.21. The number of alkyl halides is 3. The van der Waals surface area contributed by atoms with Gasteiger partial charge in [-0.15, -0.1) is 0 Å². The summed E-state index contributed by atoms with van der Waals surface area (Å²) in [5, 5.41) is 19.6. The lowest BCUT2D eigenvalue weighted by molar-refractivity contribution is -0.137. The molecule has 1 aromatic heterocycles. The predicted molar refractivity (Wildman–Crippen MR) is 157 cm³/mol. The fourth-order valence-corrected chi connectivity index (χ4v) is 5.60. The molecule has 0 spiro atoms. The van der Waals surface area contributed by atoms with Crippen LogP contribution in [0.4, 0.5) is 36.3 Å². The third-order valence-corrected chi connectivity index (χ3v) is 8.21. The number of anilines is 4. The smallest absolute Gasteiger partial charge is 0.416 e. The van der Waals surface area contributed by atoms with Gasteiger partial charge >= 0.3 is 6.18 Å². The molecule has 0 atom stereocenters. The number of fused-ring (bicyclic) bond motifs is 4. The standard InChI is InChI=1S/C30H27F3N6O2S/c31-30(32,33)20-4-1-3-19(15-20)29(11-12-29)27(41)37-21-7-5-18(6-8-21)23-17-35-28-38-22-9-10-24(40)25(16-22)42-36-14-2-13-34-26(23)39-28/h1,3-10,15-17,36,40H,2,11-14H2,(H,37,41)(H2,34,35,38,39). The van der Waals surface area contributed by atoms with E-state index in [0.717, 1.165) is 35.4 Å². The number of hydrogen-bond donors (Lipinski definition) is 5. The summed E-state index contributed by atoms with van der Waals surface area (Å²) in [6, 6.07) is 17.4. The molecule has 8 nitrogen and oxygen atoms in total. The summed E-state index contributed by atoms with van der Waals surface area (Å²) in [4.78, 5) is 23.1. The minimum atomic E-state index is -4.47. The van der Waals surface area contributed by atoms with E-state index in [9.17, 15) is 23.1 Å². The molecule has 1 fully saturated rings. The first-order valence-corrected chi connectivity index (χ1v) is 14.2. The summed E-state index contributed by atoms with van der Waals surface area (Å²) in [5.74, 6) is 0.891. The summed E-state index contributed by atoms with van der Waals surface area (Å²) in [5.41, 5.74) is 1.53. The van der Waals surface area contributed by atoms with Gasteiger partial charge in [0.1, 0.15) is 11.6 Å². The second-order valence-corrected chi connectivity index (χ2v) is 11.2. The van der Waals surface area contributed by atoms with E-state index in [1.807, 2.05) is 18.2 Å². The fraction of sp³-hybridized carbons (Fsp3) is 0.233. The zero-order chi connectivity index (χ0) is 29.3. The Labute approximate surface area is 244 Å². The van der Waals surface area contributed by atoms with Gasteiger partial charge in [0, 0.05) is 36.2 Å². The van der Waals surface area contributed by atoms with Gasteiger partial charge < -0.3 is 21.1 Å². The maximum absolute atomic E-state index is 13.2. The molecule has 1 aliphatic carbocycles. The number of phenols is 1. The van der Waals surface area contributed by atoms with E-state index in [4.69, 9.17) is 0 Å². The van der Waals surface area contributed by atoms with Crippen LogP contribution in [0.1, 0.15) is 30.4 Å². The number of hydrogen-bond acceptors (Lipinski definition) is 8. The molecule has 1 aliphatic heterocycles. The molecule has 12 heteroatoms. The van der Waals surface area contributed by atoms with Gasteiger partial charge in [0.05, 0.1) is 15.9 Å². The van der Waals surface area contributed by atoms with Crippen LogP contribution in [0.15, 0.2) is 77.8 Å². The molecular formula is C30H27F3N6O2S. The van der Waals surface area contributed by atoms with Crippen molar-refractivity contribution in [3.63, 3.8) is 0 Å². The van der Waals surface area contributed by atoms with E-state index in [0.29, 0.717) is 53.8 Å². The number of amides is 1. The largest absolute Gasteiger partial charge is 0.507 e. The summed E-state index contributed by atoms with van der Waals surface area (Å²) in [7, 11) is 0. The van der Waals surface area contributed by atoms with Crippen LogP contribution in [-0.2, 0) is 16.4 Å². The third-order valence-electron chi connectivity index (χ3n) is 7.32. The second kappa shape index (κ2) is 11.2. The Morgan fingerprint density at radius 1 is 1.02 bits per heavy atom. The highest BCUT2D eigenvalue weighted by atomic mass is 32.2. The van der Waals surface area contributed by atoms with Crippen molar-refractivity contribution < 1.29 is 23.1 Å². The van der Waals surface area contributed by atoms with Crippen LogP contribution in [0.3, 0.4) is 0 Å². The molecule has 0 unspecified atom stereocenters. The summed E-state index contributed by atoms with van der Waals surface area (Å²) in [6.07, 6.45) is -0.969. The number of benzene rings is 3.